The minimum Gasteiger partial charge on any atom is -0.307 e. The molecule has 3 aromatic rings. The van der Waals surface area contributed by atoms with Crippen molar-refractivity contribution in [3.05, 3.63) is 68.4 Å². The normalized spacial score (nSPS) is 14.3. The molecule has 0 spiro atoms. The van der Waals surface area contributed by atoms with Crippen molar-refractivity contribution in [1.82, 2.24) is 14.2 Å². The molecule has 5 nitrogen and oxygen atoms in total. The number of hydrogen-bond donors (Lipinski definition) is 1. The predicted molar refractivity (Wildman–Crippen MR) is 80.3 cm³/mol. The third-order valence-corrected chi connectivity index (χ3v) is 4.11. The maximum atomic E-state index is 12.4. The average molecular weight is 281 g/mol. The summed E-state index contributed by atoms with van der Waals surface area (Å²) in [4.78, 5) is 27.3. The van der Waals surface area contributed by atoms with Gasteiger partial charge in [0, 0.05) is 11.6 Å². The van der Waals surface area contributed by atoms with Gasteiger partial charge in [0.25, 0.3) is 11.1 Å². The Labute approximate surface area is 120 Å². The van der Waals surface area contributed by atoms with Crippen molar-refractivity contribution in [2.24, 2.45) is 0 Å². The molecule has 2 aromatic heterocycles. The van der Waals surface area contributed by atoms with Gasteiger partial charge in [-0.3, -0.25) is 9.59 Å². The van der Waals surface area contributed by atoms with Gasteiger partial charge >= 0.3 is 0 Å². The largest absolute Gasteiger partial charge is 0.307 e. The van der Waals surface area contributed by atoms with E-state index >= 15 is 0 Å². The average Bonchev–Trinajstić information content (AvgIpc) is 2.84. The van der Waals surface area contributed by atoms with Crippen LogP contribution >= 0.6 is 0 Å². The molecule has 4 rings (SSSR count). The maximum Gasteiger partial charge on any atom is 0.273 e. The summed E-state index contributed by atoms with van der Waals surface area (Å²) in [5, 5.41) is 0. The molecule has 0 unspecified atom stereocenters. The van der Waals surface area contributed by atoms with Crippen molar-refractivity contribution in [3.63, 3.8) is 0 Å². The molecule has 0 radical (unpaired) electrons. The standard InChI is InChI=1S/C16H15N3O2/c20-15-10-14-17-16(21)12-8-4-5-9-13(12)19(14)18(15)11-6-2-1-3-7-11/h1-3,6-7,10H,4-5,8-9H2,(H,17,21). The lowest BCUT2D eigenvalue weighted by atomic mass is 9.97. The van der Waals surface area contributed by atoms with Gasteiger partial charge in [-0.1, -0.05) is 18.2 Å². The molecule has 1 N–H and O–H groups in total. The molecule has 0 aliphatic heterocycles. The second-order valence-electron chi connectivity index (χ2n) is 5.41. The minimum atomic E-state index is -0.129. The van der Waals surface area contributed by atoms with Crippen LogP contribution in [0.2, 0.25) is 0 Å². The number of aryl methyl sites for hydroxylation is 1. The number of nitrogens with zero attached hydrogens (tertiary/aromatic N) is 2. The summed E-state index contributed by atoms with van der Waals surface area (Å²) < 4.78 is 3.50. The van der Waals surface area contributed by atoms with E-state index in [-0.39, 0.29) is 11.1 Å². The molecule has 0 saturated heterocycles. The number of benzene rings is 1. The predicted octanol–water partition coefficient (Wildman–Crippen LogP) is 1.66. The minimum absolute atomic E-state index is 0.0603. The van der Waals surface area contributed by atoms with Gasteiger partial charge in [-0.2, -0.15) is 0 Å². The maximum absolute atomic E-state index is 12.4. The molecule has 0 atom stereocenters. The molecule has 1 aromatic carbocycles. The smallest absolute Gasteiger partial charge is 0.273 e. The number of H-pyrrole nitrogens is 1. The third-order valence-electron chi connectivity index (χ3n) is 4.11. The van der Waals surface area contributed by atoms with E-state index < -0.39 is 0 Å². The van der Waals surface area contributed by atoms with E-state index in [4.69, 9.17) is 0 Å². The molecule has 0 saturated carbocycles. The van der Waals surface area contributed by atoms with Crippen LogP contribution in [0.1, 0.15) is 24.1 Å². The van der Waals surface area contributed by atoms with Gasteiger partial charge < -0.3 is 4.98 Å². The second kappa shape index (κ2) is 4.48. The third kappa shape index (κ3) is 1.77. The molecule has 5 heteroatoms. The highest BCUT2D eigenvalue weighted by molar-refractivity contribution is 5.44. The van der Waals surface area contributed by atoms with Crippen molar-refractivity contribution in [2.75, 3.05) is 0 Å². The first-order valence-electron chi connectivity index (χ1n) is 7.20. The molecule has 2 heterocycles. The van der Waals surface area contributed by atoms with Crippen molar-refractivity contribution in [2.45, 2.75) is 25.7 Å². The Hall–Kier alpha value is -2.56. The fraction of sp³-hybridized carbons (Fsp3) is 0.250. The summed E-state index contributed by atoms with van der Waals surface area (Å²) in [7, 11) is 0. The lowest BCUT2D eigenvalue weighted by Gasteiger charge is -2.18. The van der Waals surface area contributed by atoms with Crippen molar-refractivity contribution < 1.29 is 0 Å². The summed E-state index contributed by atoms with van der Waals surface area (Å²) in [6, 6.07) is 11.0. The second-order valence-corrected chi connectivity index (χ2v) is 5.41. The topological polar surface area (TPSA) is 59.3 Å². The monoisotopic (exact) mass is 281 g/mol. The molecule has 106 valence electrons. The Morgan fingerprint density at radius 3 is 2.57 bits per heavy atom. The van der Waals surface area contributed by atoms with Crippen LogP contribution in [0.3, 0.4) is 0 Å². The van der Waals surface area contributed by atoms with E-state index in [0.717, 1.165) is 42.6 Å². The summed E-state index contributed by atoms with van der Waals surface area (Å²) in [6.45, 7) is 0. The lowest BCUT2D eigenvalue weighted by Crippen LogP contribution is -2.26. The molecular formula is C16H15N3O2. The zero-order chi connectivity index (χ0) is 14.4. The van der Waals surface area contributed by atoms with Crippen LogP contribution in [0.15, 0.2) is 46.0 Å². The van der Waals surface area contributed by atoms with E-state index in [1.807, 2.05) is 34.8 Å². The van der Waals surface area contributed by atoms with Gasteiger partial charge in [0.05, 0.1) is 11.4 Å². The van der Waals surface area contributed by atoms with Crippen molar-refractivity contribution in [3.8, 4) is 5.69 Å². The number of aromatic amines is 1. The number of aromatic nitrogens is 3. The van der Waals surface area contributed by atoms with Crippen molar-refractivity contribution >= 4 is 5.65 Å². The number of para-hydroxylation sites is 1. The Morgan fingerprint density at radius 1 is 1.00 bits per heavy atom. The molecule has 1 aliphatic carbocycles. The highest BCUT2D eigenvalue weighted by Crippen LogP contribution is 2.19. The van der Waals surface area contributed by atoms with Crippen LogP contribution in [0.5, 0.6) is 0 Å². The lowest BCUT2D eigenvalue weighted by molar-refractivity contribution is 0.611. The number of fused-ring (bicyclic) bond motifs is 3. The Kier molecular flexibility index (Phi) is 2.60. The highest BCUT2D eigenvalue weighted by atomic mass is 16.1. The molecule has 1 aliphatic rings. The van der Waals surface area contributed by atoms with E-state index in [1.165, 1.54) is 6.07 Å². The first kappa shape index (κ1) is 12.2. The molecule has 21 heavy (non-hydrogen) atoms. The van der Waals surface area contributed by atoms with Gasteiger partial charge in [0.1, 0.15) is 5.65 Å². The van der Waals surface area contributed by atoms with Gasteiger partial charge in [-0.15, -0.1) is 0 Å². The summed E-state index contributed by atoms with van der Waals surface area (Å²) >= 11 is 0. The first-order valence-corrected chi connectivity index (χ1v) is 7.20. The van der Waals surface area contributed by atoms with Gasteiger partial charge in [-0.05, 0) is 37.8 Å². The van der Waals surface area contributed by atoms with Gasteiger partial charge in [-0.25, -0.2) is 9.20 Å². The van der Waals surface area contributed by atoms with Crippen molar-refractivity contribution in [1.29, 1.82) is 0 Å². The van der Waals surface area contributed by atoms with E-state index in [2.05, 4.69) is 4.98 Å². The Bertz CT molecular complexity index is 932. The molecule has 0 fully saturated rings. The van der Waals surface area contributed by atoms with Crippen LogP contribution in [0.4, 0.5) is 0 Å². The van der Waals surface area contributed by atoms with Crippen LogP contribution < -0.4 is 11.1 Å². The summed E-state index contributed by atoms with van der Waals surface area (Å²) in [5.41, 5.74) is 2.96. The Morgan fingerprint density at radius 2 is 1.76 bits per heavy atom. The molecular weight excluding hydrogens is 266 g/mol. The first-order chi connectivity index (χ1) is 10.3. The zero-order valence-corrected chi connectivity index (χ0v) is 11.5. The van der Waals surface area contributed by atoms with E-state index in [1.54, 1.807) is 4.68 Å². The fourth-order valence-electron chi connectivity index (χ4n) is 3.17. The summed E-state index contributed by atoms with van der Waals surface area (Å²) in [5.74, 6) is 0. The van der Waals surface area contributed by atoms with Crippen LogP contribution in [0, 0.1) is 0 Å². The van der Waals surface area contributed by atoms with Crippen LogP contribution in [0.25, 0.3) is 11.3 Å². The number of nitrogens with one attached hydrogen (secondary N) is 1. The quantitative estimate of drug-likeness (QED) is 0.737. The molecule has 0 amide bonds. The number of hydrogen-bond acceptors (Lipinski definition) is 2. The summed E-state index contributed by atoms with van der Waals surface area (Å²) in [6.07, 6.45) is 3.68. The fourth-order valence-corrected chi connectivity index (χ4v) is 3.17. The highest BCUT2D eigenvalue weighted by Gasteiger charge is 2.20. The molecule has 0 bridgehead atoms. The van der Waals surface area contributed by atoms with Crippen LogP contribution in [-0.2, 0) is 12.8 Å². The number of rotatable bonds is 1. The SMILES string of the molecule is O=c1[nH]c2cc(=O)n(-c3ccccc3)n2c2c1CCCC2. The zero-order valence-electron chi connectivity index (χ0n) is 11.5. The van der Waals surface area contributed by atoms with E-state index in [9.17, 15) is 9.59 Å². The van der Waals surface area contributed by atoms with Gasteiger partial charge in [0.15, 0.2) is 0 Å². The van der Waals surface area contributed by atoms with Crippen LogP contribution in [-0.4, -0.2) is 14.2 Å². The Balaban J connectivity index is 2.15. The van der Waals surface area contributed by atoms with Gasteiger partial charge in [0.2, 0.25) is 0 Å². The van der Waals surface area contributed by atoms with E-state index in [0.29, 0.717) is 5.65 Å².